The highest BCUT2D eigenvalue weighted by Crippen LogP contribution is 2.16. The Kier molecular flexibility index (Phi) is 3.00. The number of carbonyl (C=O) groups excluding carboxylic acids is 1. The van der Waals surface area contributed by atoms with Crippen molar-refractivity contribution in [1.82, 2.24) is 4.98 Å². The lowest BCUT2D eigenvalue weighted by Gasteiger charge is -2.21. The Morgan fingerprint density at radius 2 is 2.38 bits per heavy atom. The molecule has 1 aromatic heterocycles. The maximum atomic E-state index is 11.4. The van der Waals surface area contributed by atoms with Crippen LogP contribution in [0, 0.1) is 0 Å². The first-order chi connectivity index (χ1) is 7.81. The molecule has 0 saturated carbocycles. The van der Waals surface area contributed by atoms with E-state index in [9.17, 15) is 4.79 Å². The number of rotatable bonds is 2. The first-order valence-electron chi connectivity index (χ1n) is 4.95. The first-order valence-corrected chi connectivity index (χ1v) is 4.95. The van der Waals surface area contributed by atoms with Crippen LogP contribution in [0.15, 0.2) is 48.3 Å². The van der Waals surface area contributed by atoms with Crippen molar-refractivity contribution in [3.63, 3.8) is 0 Å². The molecule has 0 radical (unpaired) electrons. The fourth-order valence-corrected chi connectivity index (χ4v) is 1.48. The summed E-state index contributed by atoms with van der Waals surface area (Å²) in [7, 11) is 1.37. The van der Waals surface area contributed by atoms with Gasteiger partial charge in [-0.2, -0.15) is 0 Å². The molecule has 0 aromatic carbocycles. The van der Waals surface area contributed by atoms with E-state index >= 15 is 0 Å². The number of nitrogens with zero attached hydrogens (tertiary/aromatic N) is 2. The van der Waals surface area contributed by atoms with E-state index in [1.807, 2.05) is 29.2 Å². The Hall–Kier alpha value is -2.10. The van der Waals surface area contributed by atoms with Crippen molar-refractivity contribution in [3.8, 4) is 0 Å². The number of methoxy groups -OCH3 is 1. The lowest BCUT2D eigenvalue weighted by Crippen LogP contribution is -2.22. The smallest absolute Gasteiger partial charge is 0.339 e. The summed E-state index contributed by atoms with van der Waals surface area (Å²) in [5.74, 6) is 0.477. The van der Waals surface area contributed by atoms with E-state index in [-0.39, 0.29) is 5.97 Å². The molecule has 2 rings (SSSR count). The number of esters is 1. The Morgan fingerprint density at radius 3 is 3.06 bits per heavy atom. The summed E-state index contributed by atoms with van der Waals surface area (Å²) in [6.07, 6.45) is 7.12. The van der Waals surface area contributed by atoms with Crippen LogP contribution in [0.2, 0.25) is 0 Å². The number of carbonyl (C=O) groups is 1. The maximum Gasteiger partial charge on any atom is 0.339 e. The van der Waals surface area contributed by atoms with Gasteiger partial charge in [0, 0.05) is 18.9 Å². The second-order valence-electron chi connectivity index (χ2n) is 3.32. The van der Waals surface area contributed by atoms with Crippen LogP contribution < -0.4 is 4.90 Å². The van der Waals surface area contributed by atoms with Gasteiger partial charge < -0.3 is 9.64 Å². The fourth-order valence-electron chi connectivity index (χ4n) is 1.48. The molecular weight excluding hydrogens is 204 g/mol. The van der Waals surface area contributed by atoms with Gasteiger partial charge in [0.25, 0.3) is 0 Å². The largest absolute Gasteiger partial charge is 0.465 e. The highest BCUT2D eigenvalue weighted by molar-refractivity contribution is 5.92. The minimum atomic E-state index is -0.336. The summed E-state index contributed by atoms with van der Waals surface area (Å²) in [6, 6.07) is 5.66. The van der Waals surface area contributed by atoms with Crippen LogP contribution in [0.5, 0.6) is 0 Å². The van der Waals surface area contributed by atoms with E-state index in [0.717, 1.165) is 5.82 Å². The Bertz CT molecular complexity index is 438. The average molecular weight is 216 g/mol. The molecule has 0 unspecified atom stereocenters. The SMILES string of the molecule is COC(=O)C1=CN(c2ccccn2)CC=C1. The van der Waals surface area contributed by atoms with E-state index in [0.29, 0.717) is 12.1 Å². The molecule has 2 heterocycles. The molecule has 0 fully saturated rings. The maximum absolute atomic E-state index is 11.4. The summed E-state index contributed by atoms with van der Waals surface area (Å²) < 4.78 is 4.67. The minimum Gasteiger partial charge on any atom is -0.465 e. The van der Waals surface area contributed by atoms with Gasteiger partial charge in [0.15, 0.2) is 0 Å². The molecule has 0 aliphatic carbocycles. The topological polar surface area (TPSA) is 42.4 Å². The van der Waals surface area contributed by atoms with Gasteiger partial charge in [0.2, 0.25) is 0 Å². The van der Waals surface area contributed by atoms with Gasteiger partial charge in [0.1, 0.15) is 5.82 Å². The molecule has 0 amide bonds. The first kappa shape index (κ1) is 10.4. The van der Waals surface area contributed by atoms with E-state index in [1.54, 1.807) is 18.5 Å². The van der Waals surface area contributed by atoms with Gasteiger partial charge in [-0.3, -0.25) is 0 Å². The van der Waals surface area contributed by atoms with Gasteiger partial charge in [-0.1, -0.05) is 12.1 Å². The van der Waals surface area contributed by atoms with Crippen molar-refractivity contribution < 1.29 is 9.53 Å². The Balaban J connectivity index is 2.23. The molecule has 82 valence electrons. The van der Waals surface area contributed by atoms with Crippen molar-refractivity contribution in [1.29, 1.82) is 0 Å². The molecule has 1 aliphatic rings. The summed E-state index contributed by atoms with van der Waals surface area (Å²) in [5, 5.41) is 0. The van der Waals surface area contributed by atoms with Crippen LogP contribution >= 0.6 is 0 Å². The summed E-state index contributed by atoms with van der Waals surface area (Å²) in [6.45, 7) is 0.706. The molecule has 0 N–H and O–H groups in total. The van der Waals surface area contributed by atoms with Gasteiger partial charge in [-0.05, 0) is 18.2 Å². The second-order valence-corrected chi connectivity index (χ2v) is 3.32. The zero-order valence-corrected chi connectivity index (χ0v) is 8.96. The molecule has 0 bridgehead atoms. The third-order valence-electron chi connectivity index (χ3n) is 2.26. The number of hydrogen-bond donors (Lipinski definition) is 0. The average Bonchev–Trinajstić information content (AvgIpc) is 2.39. The number of anilines is 1. The van der Waals surface area contributed by atoms with E-state index < -0.39 is 0 Å². The van der Waals surface area contributed by atoms with Gasteiger partial charge >= 0.3 is 5.97 Å². The van der Waals surface area contributed by atoms with Crippen molar-refractivity contribution in [2.75, 3.05) is 18.6 Å². The molecule has 0 saturated heterocycles. The van der Waals surface area contributed by atoms with Gasteiger partial charge in [0.05, 0.1) is 12.7 Å². The summed E-state index contributed by atoms with van der Waals surface area (Å²) in [5.41, 5.74) is 0.527. The standard InChI is InChI=1S/C12H12N2O2/c1-16-12(15)10-5-4-8-14(9-10)11-6-2-3-7-13-11/h2-7,9H,8H2,1H3. The third-order valence-corrected chi connectivity index (χ3v) is 2.26. The normalized spacial score (nSPS) is 14.6. The van der Waals surface area contributed by atoms with Crippen LogP contribution in [0.3, 0.4) is 0 Å². The summed E-state index contributed by atoms with van der Waals surface area (Å²) in [4.78, 5) is 17.5. The van der Waals surface area contributed by atoms with Crippen molar-refractivity contribution >= 4 is 11.8 Å². The number of pyridine rings is 1. The van der Waals surface area contributed by atoms with Crippen molar-refractivity contribution in [2.24, 2.45) is 0 Å². The molecular formula is C12H12N2O2. The Labute approximate surface area is 93.9 Å². The summed E-state index contributed by atoms with van der Waals surface area (Å²) >= 11 is 0. The van der Waals surface area contributed by atoms with Crippen LogP contribution in [0.1, 0.15) is 0 Å². The van der Waals surface area contributed by atoms with Crippen molar-refractivity contribution in [3.05, 3.63) is 48.3 Å². The second kappa shape index (κ2) is 4.61. The van der Waals surface area contributed by atoms with Crippen molar-refractivity contribution in [2.45, 2.75) is 0 Å². The zero-order valence-electron chi connectivity index (χ0n) is 8.96. The quantitative estimate of drug-likeness (QED) is 0.703. The van der Waals surface area contributed by atoms with Crippen LogP contribution in [-0.4, -0.2) is 24.6 Å². The molecule has 1 aliphatic heterocycles. The van der Waals surface area contributed by atoms with Gasteiger partial charge in [-0.15, -0.1) is 0 Å². The molecule has 16 heavy (non-hydrogen) atoms. The molecule has 0 atom stereocenters. The highest BCUT2D eigenvalue weighted by Gasteiger charge is 2.13. The number of ether oxygens (including phenoxy) is 1. The number of aromatic nitrogens is 1. The lowest BCUT2D eigenvalue weighted by atomic mass is 10.2. The molecule has 4 nitrogen and oxygen atoms in total. The lowest BCUT2D eigenvalue weighted by molar-refractivity contribution is -0.135. The number of hydrogen-bond acceptors (Lipinski definition) is 4. The predicted octanol–water partition coefficient (Wildman–Crippen LogP) is 1.51. The predicted molar refractivity (Wildman–Crippen MR) is 60.8 cm³/mol. The highest BCUT2D eigenvalue weighted by atomic mass is 16.5. The third kappa shape index (κ3) is 2.11. The molecule has 4 heteroatoms. The van der Waals surface area contributed by atoms with E-state index in [4.69, 9.17) is 0 Å². The minimum absolute atomic E-state index is 0.336. The molecule has 1 aromatic rings. The van der Waals surface area contributed by atoms with Crippen LogP contribution in [0.25, 0.3) is 0 Å². The van der Waals surface area contributed by atoms with Crippen LogP contribution in [-0.2, 0) is 9.53 Å². The monoisotopic (exact) mass is 216 g/mol. The molecule has 0 spiro atoms. The van der Waals surface area contributed by atoms with Crippen LogP contribution in [0.4, 0.5) is 5.82 Å². The van der Waals surface area contributed by atoms with E-state index in [1.165, 1.54) is 7.11 Å². The zero-order chi connectivity index (χ0) is 11.4. The fraction of sp³-hybridized carbons (Fsp3) is 0.167. The van der Waals surface area contributed by atoms with E-state index in [2.05, 4.69) is 9.72 Å². The Morgan fingerprint density at radius 1 is 1.50 bits per heavy atom. The van der Waals surface area contributed by atoms with Gasteiger partial charge in [-0.25, -0.2) is 9.78 Å².